The van der Waals surface area contributed by atoms with Gasteiger partial charge in [0, 0.05) is 46.1 Å². The fourth-order valence-corrected chi connectivity index (χ4v) is 5.15. The highest BCUT2D eigenvalue weighted by molar-refractivity contribution is 14.2. The molecule has 2 aromatic heterocycles. The number of methoxy groups -OCH3 is 1. The minimum absolute atomic E-state index is 0.180. The van der Waals surface area contributed by atoms with Crippen molar-refractivity contribution in [1.29, 1.82) is 0 Å². The zero-order chi connectivity index (χ0) is 22.3. The van der Waals surface area contributed by atoms with Gasteiger partial charge in [-0.05, 0) is 51.7 Å². The summed E-state index contributed by atoms with van der Waals surface area (Å²) in [6.07, 6.45) is 8.63. The molecule has 0 amide bonds. The molecule has 2 heterocycles. The number of carbonyl (C=O) groups excluding carboxylic acids is 1. The molecular formula is C21H28IN5O3S. The average Bonchev–Trinajstić information content (AvgIpc) is 2.79. The molecule has 2 N–H and O–H groups in total. The van der Waals surface area contributed by atoms with Crippen LogP contribution in [-0.2, 0) is 19.3 Å². The van der Waals surface area contributed by atoms with Crippen LogP contribution in [0, 0.1) is 0 Å². The molecular weight excluding hydrogens is 529 g/mol. The summed E-state index contributed by atoms with van der Waals surface area (Å²) in [7, 11) is 3.06. The third-order valence-electron chi connectivity index (χ3n) is 5.39. The molecule has 10 heteroatoms. The van der Waals surface area contributed by atoms with E-state index in [1.807, 2.05) is 26.0 Å². The van der Waals surface area contributed by atoms with E-state index >= 15 is 0 Å². The summed E-state index contributed by atoms with van der Waals surface area (Å²) >= 11 is 2.10. The number of aromatic nitrogens is 3. The molecule has 0 saturated heterocycles. The smallest absolute Gasteiger partial charge is 0.169 e. The number of nitrogens with zero attached hydrogens (tertiary/aromatic N) is 3. The van der Waals surface area contributed by atoms with Crippen molar-refractivity contribution in [3.8, 4) is 11.3 Å². The lowest BCUT2D eigenvalue weighted by Gasteiger charge is -2.29. The van der Waals surface area contributed by atoms with Crippen LogP contribution in [0.4, 0.5) is 11.6 Å². The van der Waals surface area contributed by atoms with Gasteiger partial charge in [-0.2, -0.15) is 0 Å². The third kappa shape index (κ3) is 6.50. The van der Waals surface area contributed by atoms with Gasteiger partial charge < -0.3 is 20.2 Å². The van der Waals surface area contributed by atoms with Gasteiger partial charge in [-0.25, -0.2) is 9.97 Å². The van der Waals surface area contributed by atoms with Gasteiger partial charge in [0.2, 0.25) is 0 Å². The number of rotatable bonds is 10. The first-order valence-corrected chi connectivity index (χ1v) is 13.5. The number of anilines is 2. The normalized spacial score (nSPS) is 19.1. The molecule has 1 saturated carbocycles. The molecule has 168 valence electrons. The Labute approximate surface area is 199 Å². The minimum Gasteiger partial charge on any atom is -0.381 e. The van der Waals surface area contributed by atoms with E-state index in [1.165, 1.54) is 9.21 Å². The Morgan fingerprint density at radius 2 is 1.97 bits per heavy atom. The molecule has 0 unspecified atom stereocenters. The molecule has 8 nitrogen and oxygen atoms in total. The number of hydrogen-bond donors (Lipinski definition) is 2. The Balaban J connectivity index is 1.81. The topological polar surface area (TPSA) is 98.3 Å². The standard InChI is InChI=1S/C21H28IN5O3S/c1-21(2,30-31-22)18-9-4-14(12-24-18)17-13-25-19(23-10-11-28)20(27-17)26-15-5-7-16(29-3)8-6-15/h4,9,11-13,15-16H,5-8,10H2,1-3H3,(H,23,25)(H,26,27)/t15-,16-. The van der Waals surface area contributed by atoms with Crippen LogP contribution >= 0.6 is 30.4 Å². The van der Waals surface area contributed by atoms with Gasteiger partial charge in [-0.15, -0.1) is 0 Å². The minimum atomic E-state index is -0.494. The largest absolute Gasteiger partial charge is 0.381 e. The van der Waals surface area contributed by atoms with Crippen molar-refractivity contribution in [1.82, 2.24) is 15.0 Å². The molecule has 1 aliphatic rings. The number of hydrogen-bond acceptors (Lipinski definition) is 9. The number of aldehydes is 1. The predicted molar refractivity (Wildman–Crippen MR) is 132 cm³/mol. The van der Waals surface area contributed by atoms with Crippen molar-refractivity contribution in [3.63, 3.8) is 0 Å². The maximum atomic E-state index is 10.8. The van der Waals surface area contributed by atoms with Gasteiger partial charge in [0.25, 0.3) is 0 Å². The first-order chi connectivity index (χ1) is 15.0. The molecule has 0 aliphatic heterocycles. The van der Waals surface area contributed by atoms with Gasteiger partial charge >= 0.3 is 0 Å². The average molecular weight is 557 g/mol. The SMILES string of the molecule is CO[C@H]1CC[C@H](Nc2nc(-c3ccc(C(C)(C)OSI)nc3)cnc2NCC=O)CC1. The van der Waals surface area contributed by atoms with E-state index in [-0.39, 0.29) is 12.6 Å². The Morgan fingerprint density at radius 3 is 2.58 bits per heavy atom. The molecule has 31 heavy (non-hydrogen) atoms. The Hall–Kier alpha value is -1.50. The van der Waals surface area contributed by atoms with Crippen LogP contribution in [-0.4, -0.2) is 47.0 Å². The third-order valence-corrected chi connectivity index (χ3v) is 6.41. The number of pyridine rings is 1. The quantitative estimate of drug-likeness (QED) is 0.243. The van der Waals surface area contributed by atoms with E-state index in [9.17, 15) is 4.79 Å². The lowest BCUT2D eigenvalue weighted by Crippen LogP contribution is -2.30. The molecule has 0 aromatic carbocycles. The van der Waals surface area contributed by atoms with Crippen molar-refractivity contribution < 1.29 is 13.7 Å². The van der Waals surface area contributed by atoms with Crippen LogP contribution in [0.25, 0.3) is 11.3 Å². The lowest BCUT2D eigenvalue weighted by molar-refractivity contribution is -0.106. The predicted octanol–water partition coefficient (Wildman–Crippen LogP) is 4.77. The highest BCUT2D eigenvalue weighted by Gasteiger charge is 2.24. The summed E-state index contributed by atoms with van der Waals surface area (Å²) in [5, 5.41) is 6.54. The van der Waals surface area contributed by atoms with E-state index in [0.717, 1.165) is 43.2 Å². The fourth-order valence-electron chi connectivity index (χ4n) is 3.56. The highest BCUT2D eigenvalue weighted by atomic mass is 127. The summed E-state index contributed by atoms with van der Waals surface area (Å²) in [5.74, 6) is 1.22. The van der Waals surface area contributed by atoms with Gasteiger partial charge in [-0.1, -0.05) is 0 Å². The summed E-state index contributed by atoms with van der Waals surface area (Å²) in [5.41, 5.74) is 1.92. The summed E-state index contributed by atoms with van der Waals surface area (Å²) in [6, 6.07) is 4.21. The Morgan fingerprint density at radius 1 is 1.19 bits per heavy atom. The summed E-state index contributed by atoms with van der Waals surface area (Å²) in [6.45, 7) is 4.14. The van der Waals surface area contributed by atoms with Gasteiger partial charge in [0.05, 0.1) is 39.4 Å². The number of nitrogens with one attached hydrogen (secondary N) is 2. The highest BCUT2D eigenvalue weighted by Crippen LogP contribution is 2.32. The van der Waals surface area contributed by atoms with Crippen molar-refractivity contribution in [2.75, 3.05) is 24.3 Å². The molecule has 1 fully saturated rings. The van der Waals surface area contributed by atoms with E-state index in [0.29, 0.717) is 23.4 Å². The fraction of sp³-hybridized carbons (Fsp3) is 0.524. The second-order valence-corrected chi connectivity index (χ2v) is 9.31. The Kier molecular flexibility index (Phi) is 8.87. The first kappa shape index (κ1) is 24.1. The molecule has 2 aromatic rings. The molecule has 0 spiro atoms. The number of halogens is 1. The maximum absolute atomic E-state index is 10.8. The van der Waals surface area contributed by atoms with Gasteiger partial charge in [-0.3, -0.25) is 9.17 Å². The monoisotopic (exact) mass is 557 g/mol. The first-order valence-electron chi connectivity index (χ1n) is 10.2. The van der Waals surface area contributed by atoms with Crippen LogP contribution in [0.3, 0.4) is 0 Å². The van der Waals surface area contributed by atoms with E-state index < -0.39 is 5.60 Å². The van der Waals surface area contributed by atoms with Gasteiger partial charge in [0.15, 0.2) is 11.6 Å². The second-order valence-electron chi connectivity index (χ2n) is 7.94. The maximum Gasteiger partial charge on any atom is 0.169 e. The molecule has 1 aliphatic carbocycles. The zero-order valence-electron chi connectivity index (χ0n) is 17.9. The van der Waals surface area contributed by atoms with Crippen molar-refractivity contribution in [3.05, 3.63) is 30.2 Å². The van der Waals surface area contributed by atoms with Crippen molar-refractivity contribution >= 4 is 48.3 Å². The Bertz CT molecular complexity index is 861. The van der Waals surface area contributed by atoms with Crippen LogP contribution in [0.1, 0.15) is 45.2 Å². The van der Waals surface area contributed by atoms with E-state index in [1.54, 1.807) is 19.5 Å². The summed E-state index contributed by atoms with van der Waals surface area (Å²) < 4.78 is 11.2. The lowest BCUT2D eigenvalue weighted by atomic mass is 9.93. The van der Waals surface area contributed by atoms with E-state index in [2.05, 4.69) is 41.8 Å². The van der Waals surface area contributed by atoms with Crippen molar-refractivity contribution in [2.45, 2.75) is 57.3 Å². The van der Waals surface area contributed by atoms with Crippen LogP contribution in [0.15, 0.2) is 24.5 Å². The van der Waals surface area contributed by atoms with Crippen LogP contribution in [0.5, 0.6) is 0 Å². The molecule has 0 atom stereocenters. The van der Waals surface area contributed by atoms with Gasteiger partial charge in [0.1, 0.15) is 11.9 Å². The van der Waals surface area contributed by atoms with Crippen LogP contribution < -0.4 is 10.6 Å². The molecule has 0 bridgehead atoms. The molecule has 0 radical (unpaired) electrons. The van der Waals surface area contributed by atoms with E-state index in [4.69, 9.17) is 13.9 Å². The summed E-state index contributed by atoms with van der Waals surface area (Å²) in [4.78, 5) is 24.7. The van der Waals surface area contributed by atoms with Crippen LogP contribution in [0.2, 0.25) is 0 Å². The molecule has 3 rings (SSSR count). The zero-order valence-corrected chi connectivity index (χ0v) is 20.9. The van der Waals surface area contributed by atoms with Crippen molar-refractivity contribution in [2.24, 2.45) is 0 Å². The second kappa shape index (κ2) is 11.4. The number of ether oxygens (including phenoxy) is 1. The number of carbonyl (C=O) groups is 1.